The molecule has 0 saturated carbocycles. The van der Waals surface area contributed by atoms with Crippen molar-refractivity contribution in [3.8, 4) is 0 Å². The van der Waals surface area contributed by atoms with Crippen LogP contribution in [0.1, 0.15) is 75.9 Å². The monoisotopic (exact) mass is 304 g/mol. The van der Waals surface area contributed by atoms with Crippen molar-refractivity contribution in [1.29, 1.82) is 0 Å². The van der Waals surface area contributed by atoms with Crippen molar-refractivity contribution in [2.45, 2.75) is 77.2 Å². The number of rotatable bonds is 4. The molecule has 0 aliphatic carbocycles. The average Bonchev–Trinajstić information content (AvgIpc) is 2.81. The first kappa shape index (κ1) is 15.5. The summed E-state index contributed by atoms with van der Waals surface area (Å²) in [5.41, 5.74) is 0. The number of fused-ring (bicyclic) bond motifs is 1. The lowest BCUT2D eigenvalue weighted by molar-refractivity contribution is -0.132. The molecule has 0 radical (unpaired) electrons. The molecular weight excluding hydrogens is 276 g/mol. The van der Waals surface area contributed by atoms with E-state index in [9.17, 15) is 4.79 Å². The van der Waals surface area contributed by atoms with Crippen LogP contribution < -0.4 is 0 Å². The number of aryl methyl sites for hydroxylation is 1. The lowest BCUT2D eigenvalue weighted by atomic mass is 9.96. The van der Waals surface area contributed by atoms with Crippen molar-refractivity contribution in [2.24, 2.45) is 0 Å². The summed E-state index contributed by atoms with van der Waals surface area (Å²) in [6.07, 6.45) is 9.80. The van der Waals surface area contributed by atoms with E-state index in [0.717, 1.165) is 63.4 Å². The predicted octanol–water partition coefficient (Wildman–Crippen LogP) is 2.90. The maximum Gasteiger partial charge on any atom is 0.222 e. The summed E-state index contributed by atoms with van der Waals surface area (Å²) in [5, 5.41) is 8.91. The van der Waals surface area contributed by atoms with Crippen LogP contribution in [0.25, 0.3) is 0 Å². The van der Waals surface area contributed by atoms with Crippen molar-refractivity contribution in [1.82, 2.24) is 19.7 Å². The van der Waals surface area contributed by atoms with Crippen LogP contribution in [0.2, 0.25) is 0 Å². The van der Waals surface area contributed by atoms with Gasteiger partial charge >= 0.3 is 0 Å². The maximum atomic E-state index is 12.3. The number of hydrogen-bond acceptors (Lipinski definition) is 3. The van der Waals surface area contributed by atoms with Crippen molar-refractivity contribution in [2.75, 3.05) is 13.1 Å². The standard InChI is InChI=1S/C17H28N4O/c1-2-3-10-16(22)20-11-7-8-14(13-20)17-19-18-15-9-5-4-6-12-21(15)17/h14H,2-13H2,1H3. The molecule has 1 atom stereocenters. The Kier molecular flexibility index (Phi) is 5.11. The molecule has 122 valence electrons. The third-order valence-electron chi connectivity index (χ3n) is 5.02. The zero-order chi connectivity index (χ0) is 15.4. The highest BCUT2D eigenvalue weighted by atomic mass is 16.2. The van der Waals surface area contributed by atoms with Crippen LogP contribution in [0.15, 0.2) is 0 Å². The van der Waals surface area contributed by atoms with Gasteiger partial charge in [0.25, 0.3) is 0 Å². The SMILES string of the molecule is CCCCC(=O)N1CCCC(c2nnc3n2CCCCC3)C1. The largest absolute Gasteiger partial charge is 0.342 e. The summed E-state index contributed by atoms with van der Waals surface area (Å²) in [6, 6.07) is 0. The number of carbonyl (C=O) groups excluding carboxylic acids is 1. The van der Waals surface area contributed by atoms with Crippen LogP contribution in [-0.2, 0) is 17.8 Å². The molecule has 0 aromatic carbocycles. The molecule has 2 aliphatic heterocycles. The topological polar surface area (TPSA) is 51.0 Å². The minimum absolute atomic E-state index is 0.321. The number of aromatic nitrogens is 3. The Balaban J connectivity index is 1.69. The van der Waals surface area contributed by atoms with E-state index in [-0.39, 0.29) is 0 Å². The number of piperidine rings is 1. The van der Waals surface area contributed by atoms with Gasteiger partial charge in [0, 0.05) is 38.4 Å². The Morgan fingerprint density at radius 2 is 2.09 bits per heavy atom. The second kappa shape index (κ2) is 7.25. The Labute approximate surface area is 133 Å². The molecule has 3 rings (SSSR count). The van der Waals surface area contributed by atoms with E-state index in [1.165, 1.54) is 19.3 Å². The molecule has 1 saturated heterocycles. The van der Waals surface area contributed by atoms with Crippen molar-refractivity contribution in [3.63, 3.8) is 0 Å². The molecule has 3 heterocycles. The van der Waals surface area contributed by atoms with Crippen LogP contribution in [0.5, 0.6) is 0 Å². The predicted molar refractivity (Wildman–Crippen MR) is 85.7 cm³/mol. The Morgan fingerprint density at radius 3 is 2.95 bits per heavy atom. The van der Waals surface area contributed by atoms with E-state index < -0.39 is 0 Å². The van der Waals surface area contributed by atoms with E-state index in [4.69, 9.17) is 0 Å². The van der Waals surface area contributed by atoms with Gasteiger partial charge in [0.05, 0.1) is 0 Å². The fourth-order valence-electron chi connectivity index (χ4n) is 3.71. The molecule has 1 aromatic rings. The minimum atomic E-state index is 0.321. The van der Waals surface area contributed by atoms with Crippen LogP contribution in [-0.4, -0.2) is 38.7 Å². The van der Waals surface area contributed by atoms with Gasteiger partial charge in [0.15, 0.2) is 0 Å². The molecule has 5 nitrogen and oxygen atoms in total. The number of likely N-dealkylation sites (tertiary alicyclic amines) is 1. The van der Waals surface area contributed by atoms with Gasteiger partial charge in [-0.15, -0.1) is 10.2 Å². The van der Waals surface area contributed by atoms with Crippen molar-refractivity contribution < 1.29 is 4.79 Å². The molecule has 1 amide bonds. The highest BCUT2D eigenvalue weighted by Crippen LogP contribution is 2.28. The smallest absolute Gasteiger partial charge is 0.222 e. The van der Waals surface area contributed by atoms with Crippen LogP contribution in [0.3, 0.4) is 0 Å². The molecule has 2 aliphatic rings. The zero-order valence-electron chi connectivity index (χ0n) is 13.8. The van der Waals surface area contributed by atoms with Gasteiger partial charge in [-0.2, -0.15) is 0 Å². The second-order valence-corrected chi connectivity index (χ2v) is 6.72. The van der Waals surface area contributed by atoms with E-state index in [1.54, 1.807) is 0 Å². The first-order valence-electron chi connectivity index (χ1n) is 8.99. The van der Waals surface area contributed by atoms with Gasteiger partial charge < -0.3 is 9.47 Å². The van der Waals surface area contributed by atoms with Gasteiger partial charge in [-0.05, 0) is 32.1 Å². The van der Waals surface area contributed by atoms with E-state index in [0.29, 0.717) is 18.2 Å². The van der Waals surface area contributed by atoms with Crippen molar-refractivity contribution in [3.05, 3.63) is 11.6 Å². The van der Waals surface area contributed by atoms with Gasteiger partial charge in [-0.3, -0.25) is 4.79 Å². The van der Waals surface area contributed by atoms with Crippen LogP contribution in [0, 0.1) is 0 Å². The second-order valence-electron chi connectivity index (χ2n) is 6.72. The molecule has 1 unspecified atom stereocenters. The lowest BCUT2D eigenvalue weighted by Gasteiger charge is -2.32. The highest BCUT2D eigenvalue weighted by Gasteiger charge is 2.29. The lowest BCUT2D eigenvalue weighted by Crippen LogP contribution is -2.39. The summed E-state index contributed by atoms with van der Waals surface area (Å²) in [7, 11) is 0. The molecule has 0 bridgehead atoms. The molecule has 0 spiro atoms. The number of unbranched alkanes of at least 4 members (excludes halogenated alkanes) is 1. The normalized spacial score (nSPS) is 22.2. The Morgan fingerprint density at radius 1 is 1.18 bits per heavy atom. The van der Waals surface area contributed by atoms with Gasteiger partial charge in [-0.25, -0.2) is 0 Å². The fourth-order valence-corrected chi connectivity index (χ4v) is 3.71. The Hall–Kier alpha value is -1.39. The Bertz CT molecular complexity index is 511. The van der Waals surface area contributed by atoms with Crippen molar-refractivity contribution >= 4 is 5.91 Å². The molecular formula is C17H28N4O. The number of nitrogens with zero attached hydrogens (tertiary/aromatic N) is 4. The molecule has 0 N–H and O–H groups in total. The van der Waals surface area contributed by atoms with Gasteiger partial charge in [-0.1, -0.05) is 19.8 Å². The van der Waals surface area contributed by atoms with Gasteiger partial charge in [0.2, 0.25) is 5.91 Å². The maximum absolute atomic E-state index is 12.3. The fraction of sp³-hybridized carbons (Fsp3) is 0.824. The molecule has 1 aromatic heterocycles. The quantitative estimate of drug-likeness (QED) is 0.859. The summed E-state index contributed by atoms with van der Waals surface area (Å²) in [5.74, 6) is 2.98. The number of carbonyl (C=O) groups is 1. The summed E-state index contributed by atoms with van der Waals surface area (Å²) >= 11 is 0. The average molecular weight is 304 g/mol. The molecule has 5 heteroatoms. The van der Waals surface area contributed by atoms with E-state index >= 15 is 0 Å². The number of amides is 1. The van der Waals surface area contributed by atoms with Crippen LogP contribution >= 0.6 is 0 Å². The molecule has 1 fully saturated rings. The highest BCUT2D eigenvalue weighted by molar-refractivity contribution is 5.76. The van der Waals surface area contributed by atoms with E-state index in [2.05, 4.69) is 26.6 Å². The zero-order valence-corrected chi connectivity index (χ0v) is 13.8. The minimum Gasteiger partial charge on any atom is -0.342 e. The third-order valence-corrected chi connectivity index (χ3v) is 5.02. The third kappa shape index (κ3) is 3.33. The summed E-state index contributed by atoms with van der Waals surface area (Å²) in [4.78, 5) is 14.4. The summed E-state index contributed by atoms with van der Waals surface area (Å²) in [6.45, 7) is 4.94. The first-order valence-corrected chi connectivity index (χ1v) is 8.99. The van der Waals surface area contributed by atoms with Crippen LogP contribution in [0.4, 0.5) is 0 Å². The first-order chi connectivity index (χ1) is 10.8. The number of hydrogen-bond donors (Lipinski definition) is 0. The summed E-state index contributed by atoms with van der Waals surface area (Å²) < 4.78 is 2.34. The molecule has 22 heavy (non-hydrogen) atoms. The van der Waals surface area contributed by atoms with Gasteiger partial charge in [0.1, 0.15) is 11.6 Å². The van der Waals surface area contributed by atoms with E-state index in [1.807, 2.05) is 0 Å².